The van der Waals surface area contributed by atoms with Crippen LogP contribution in [0, 0.1) is 0 Å². The molecule has 0 unspecified atom stereocenters. The summed E-state index contributed by atoms with van der Waals surface area (Å²) in [5.74, 6) is 4.58. The Hall–Kier alpha value is -1.96. The van der Waals surface area contributed by atoms with Gasteiger partial charge in [0, 0.05) is 24.3 Å². The highest BCUT2D eigenvalue weighted by molar-refractivity contribution is 5.94. The molecule has 0 spiro atoms. The molecule has 0 aromatic heterocycles. The summed E-state index contributed by atoms with van der Waals surface area (Å²) >= 11 is 0. The van der Waals surface area contributed by atoms with Crippen LogP contribution in [0.4, 0.5) is 0 Å². The van der Waals surface area contributed by atoms with Gasteiger partial charge in [0.25, 0.3) is 5.91 Å². The summed E-state index contributed by atoms with van der Waals surface area (Å²) in [7, 11) is 0. The van der Waals surface area contributed by atoms with Crippen LogP contribution in [0.15, 0.2) is 24.3 Å². The van der Waals surface area contributed by atoms with E-state index in [1.165, 1.54) is 0 Å². The van der Waals surface area contributed by atoms with Gasteiger partial charge in [0.2, 0.25) is 5.91 Å². The molecule has 0 saturated heterocycles. The van der Waals surface area contributed by atoms with Gasteiger partial charge in [0.05, 0.1) is 12.0 Å². The predicted octanol–water partition coefficient (Wildman–Crippen LogP) is 0.871. The second kappa shape index (κ2) is 8.94. The second-order valence-electron chi connectivity index (χ2n) is 7.47. The smallest absolute Gasteiger partial charge is 0.251 e. The van der Waals surface area contributed by atoms with Crippen LogP contribution in [0.1, 0.15) is 50.0 Å². The predicted molar refractivity (Wildman–Crippen MR) is 97.7 cm³/mol. The molecule has 7 heteroatoms. The van der Waals surface area contributed by atoms with Crippen molar-refractivity contribution in [3.05, 3.63) is 35.4 Å². The Morgan fingerprint density at radius 3 is 2.24 bits per heavy atom. The van der Waals surface area contributed by atoms with Gasteiger partial charge in [0.1, 0.15) is 0 Å². The quantitative estimate of drug-likeness (QED) is 0.299. The number of rotatable bonds is 9. The molecular formula is C18H30N4O3. The number of carbonyl (C=O) groups excluding carboxylic acids is 2. The van der Waals surface area contributed by atoms with Crippen LogP contribution in [0.3, 0.4) is 0 Å². The van der Waals surface area contributed by atoms with Crippen LogP contribution in [-0.4, -0.2) is 36.1 Å². The number of amides is 2. The van der Waals surface area contributed by atoms with E-state index in [4.69, 9.17) is 16.3 Å². The Balaban J connectivity index is 2.48. The molecular weight excluding hydrogens is 320 g/mol. The lowest BCUT2D eigenvalue weighted by Gasteiger charge is -2.28. The third kappa shape index (κ3) is 8.62. The zero-order valence-electron chi connectivity index (χ0n) is 15.5. The van der Waals surface area contributed by atoms with E-state index in [-0.39, 0.29) is 23.8 Å². The van der Waals surface area contributed by atoms with Gasteiger partial charge < -0.3 is 15.8 Å². The lowest BCUT2D eigenvalue weighted by molar-refractivity contribution is -0.120. The lowest BCUT2D eigenvalue weighted by Crippen LogP contribution is -2.42. The van der Waals surface area contributed by atoms with Gasteiger partial charge in [-0.25, -0.2) is 5.84 Å². The van der Waals surface area contributed by atoms with Crippen LogP contribution in [-0.2, 0) is 16.0 Å². The summed E-state index contributed by atoms with van der Waals surface area (Å²) in [6.07, 6.45) is 0.916. The van der Waals surface area contributed by atoms with Crippen LogP contribution in [0.25, 0.3) is 0 Å². The highest BCUT2D eigenvalue weighted by Gasteiger charge is 2.21. The van der Waals surface area contributed by atoms with Crippen LogP contribution >= 0.6 is 0 Å². The molecule has 0 atom stereocenters. The SMILES string of the molecule is CC(C)(N)CCOC(C)(C)CNC(=O)c1ccc(CC(=O)NN)cc1. The maximum atomic E-state index is 12.2. The molecule has 140 valence electrons. The first-order valence-electron chi connectivity index (χ1n) is 8.32. The minimum atomic E-state index is -0.486. The monoisotopic (exact) mass is 350 g/mol. The van der Waals surface area contributed by atoms with Crippen molar-refractivity contribution in [1.82, 2.24) is 10.7 Å². The summed E-state index contributed by atoms with van der Waals surface area (Å²) in [5, 5.41) is 2.86. The molecule has 0 aliphatic rings. The van der Waals surface area contributed by atoms with E-state index in [1.807, 2.05) is 27.7 Å². The molecule has 1 aromatic carbocycles. The Morgan fingerprint density at radius 2 is 1.72 bits per heavy atom. The molecule has 0 heterocycles. The molecule has 1 aromatic rings. The molecule has 25 heavy (non-hydrogen) atoms. The summed E-state index contributed by atoms with van der Waals surface area (Å²) < 4.78 is 5.82. The molecule has 1 rings (SSSR count). The summed E-state index contributed by atoms with van der Waals surface area (Å²) in [4.78, 5) is 23.5. The number of hydrogen-bond donors (Lipinski definition) is 4. The van der Waals surface area contributed by atoms with Crippen LogP contribution in [0.5, 0.6) is 0 Å². The van der Waals surface area contributed by atoms with Gasteiger partial charge in [-0.2, -0.15) is 0 Å². The molecule has 0 fully saturated rings. The summed E-state index contributed by atoms with van der Waals surface area (Å²) in [6, 6.07) is 6.82. The molecule has 0 radical (unpaired) electrons. The zero-order valence-corrected chi connectivity index (χ0v) is 15.5. The molecule has 0 bridgehead atoms. The molecule has 0 aliphatic heterocycles. The van der Waals surface area contributed by atoms with Crippen molar-refractivity contribution in [3.63, 3.8) is 0 Å². The first-order chi connectivity index (χ1) is 11.5. The van der Waals surface area contributed by atoms with E-state index in [1.54, 1.807) is 24.3 Å². The fraction of sp³-hybridized carbons (Fsp3) is 0.556. The topological polar surface area (TPSA) is 119 Å². The van der Waals surface area contributed by atoms with Crippen LogP contribution in [0.2, 0.25) is 0 Å². The highest BCUT2D eigenvalue weighted by Crippen LogP contribution is 2.12. The van der Waals surface area contributed by atoms with Crippen LogP contribution < -0.4 is 22.3 Å². The highest BCUT2D eigenvalue weighted by atomic mass is 16.5. The Kier molecular flexibility index (Phi) is 7.54. The molecule has 6 N–H and O–H groups in total. The van der Waals surface area contributed by atoms with E-state index < -0.39 is 5.60 Å². The number of ether oxygens (including phenoxy) is 1. The third-order valence-electron chi connectivity index (χ3n) is 3.66. The van der Waals surface area contributed by atoms with Crippen molar-refractivity contribution in [2.75, 3.05) is 13.2 Å². The van der Waals surface area contributed by atoms with E-state index in [9.17, 15) is 9.59 Å². The maximum absolute atomic E-state index is 12.2. The van der Waals surface area contributed by atoms with E-state index in [0.29, 0.717) is 18.7 Å². The van der Waals surface area contributed by atoms with E-state index >= 15 is 0 Å². The molecule has 0 aliphatic carbocycles. The number of nitrogens with two attached hydrogens (primary N) is 2. The van der Waals surface area contributed by atoms with Gasteiger partial charge in [-0.1, -0.05) is 12.1 Å². The van der Waals surface area contributed by atoms with Gasteiger partial charge in [-0.05, 0) is 51.8 Å². The van der Waals surface area contributed by atoms with Crippen molar-refractivity contribution in [2.45, 2.75) is 51.7 Å². The van der Waals surface area contributed by atoms with Crippen molar-refractivity contribution in [3.8, 4) is 0 Å². The first kappa shape index (κ1) is 21.1. The Morgan fingerprint density at radius 1 is 1.12 bits per heavy atom. The van der Waals surface area contributed by atoms with E-state index in [2.05, 4.69) is 10.7 Å². The van der Waals surface area contributed by atoms with Gasteiger partial charge in [0.15, 0.2) is 0 Å². The zero-order chi connectivity index (χ0) is 19.1. The van der Waals surface area contributed by atoms with Crippen molar-refractivity contribution in [2.24, 2.45) is 11.6 Å². The Bertz CT molecular complexity index is 577. The fourth-order valence-corrected chi connectivity index (χ4v) is 2.05. The minimum absolute atomic E-state index is 0.177. The second-order valence-corrected chi connectivity index (χ2v) is 7.47. The molecule has 0 saturated carbocycles. The standard InChI is InChI=1S/C18H30N4O3/c1-17(2,19)9-10-25-18(3,4)12-21-16(24)14-7-5-13(6-8-14)11-15(23)22-20/h5-8H,9-12,19-20H2,1-4H3,(H,21,24)(H,22,23). The fourth-order valence-electron chi connectivity index (χ4n) is 2.05. The van der Waals surface area contributed by atoms with Gasteiger partial charge in [-0.15, -0.1) is 0 Å². The number of hydrazine groups is 1. The van der Waals surface area contributed by atoms with E-state index in [0.717, 1.165) is 12.0 Å². The number of nitrogens with one attached hydrogen (secondary N) is 2. The van der Waals surface area contributed by atoms with Gasteiger partial charge >= 0.3 is 0 Å². The van der Waals surface area contributed by atoms with Crippen molar-refractivity contribution in [1.29, 1.82) is 0 Å². The largest absolute Gasteiger partial charge is 0.374 e. The summed E-state index contributed by atoms with van der Waals surface area (Å²) in [5.41, 5.74) is 8.55. The minimum Gasteiger partial charge on any atom is -0.374 e. The average Bonchev–Trinajstić information content (AvgIpc) is 2.51. The van der Waals surface area contributed by atoms with Crippen molar-refractivity contribution < 1.29 is 14.3 Å². The average molecular weight is 350 g/mol. The third-order valence-corrected chi connectivity index (χ3v) is 3.66. The number of benzene rings is 1. The lowest BCUT2D eigenvalue weighted by atomic mass is 10.0. The Labute approximate surface area is 149 Å². The first-order valence-corrected chi connectivity index (χ1v) is 8.32. The summed E-state index contributed by atoms with van der Waals surface area (Å²) in [6.45, 7) is 8.66. The molecule has 2 amide bonds. The maximum Gasteiger partial charge on any atom is 0.251 e. The normalized spacial score (nSPS) is 11.9. The number of hydrogen-bond acceptors (Lipinski definition) is 5. The van der Waals surface area contributed by atoms with Gasteiger partial charge in [-0.3, -0.25) is 15.0 Å². The number of carbonyl (C=O) groups is 2. The molecule has 7 nitrogen and oxygen atoms in total. The van der Waals surface area contributed by atoms with Crippen molar-refractivity contribution >= 4 is 11.8 Å².